The summed E-state index contributed by atoms with van der Waals surface area (Å²) in [6, 6.07) is 69.2. The van der Waals surface area contributed by atoms with Crippen LogP contribution in [0.3, 0.4) is 0 Å². The molecule has 3 aliphatic carbocycles. The van der Waals surface area contributed by atoms with Crippen LogP contribution in [0.1, 0.15) is 44.5 Å². The van der Waals surface area contributed by atoms with E-state index in [1.165, 1.54) is 98.1 Å². The average Bonchev–Trinajstić information content (AvgIpc) is 3.83. The Labute approximate surface area is 300 Å². The van der Waals surface area contributed by atoms with E-state index in [1.54, 1.807) is 0 Å². The fourth-order valence-electron chi connectivity index (χ4n) is 10.5. The van der Waals surface area contributed by atoms with Crippen molar-refractivity contribution in [2.45, 2.75) is 10.8 Å². The van der Waals surface area contributed by atoms with Gasteiger partial charge < -0.3 is 0 Å². The van der Waals surface area contributed by atoms with Gasteiger partial charge in [-0.3, -0.25) is 0 Å². The zero-order valence-corrected chi connectivity index (χ0v) is 28.5. The van der Waals surface area contributed by atoms with Gasteiger partial charge in [-0.1, -0.05) is 176 Å². The van der Waals surface area contributed by atoms with Gasteiger partial charge in [0.05, 0.1) is 10.8 Å². The molecular formula is C50H30S. The topological polar surface area (TPSA) is 0 Å². The largest absolute Gasteiger partial charge is 0.135 e. The molecule has 0 aliphatic heterocycles. The zero-order chi connectivity index (χ0) is 33.3. The van der Waals surface area contributed by atoms with Gasteiger partial charge in [-0.2, -0.15) is 0 Å². The van der Waals surface area contributed by atoms with E-state index in [9.17, 15) is 0 Å². The summed E-state index contributed by atoms with van der Waals surface area (Å²) in [5.41, 5.74) is 17.9. The lowest BCUT2D eigenvalue weighted by Gasteiger charge is -2.49. The van der Waals surface area contributed by atoms with Gasteiger partial charge in [0, 0.05) is 20.2 Å². The molecule has 0 fully saturated rings. The van der Waals surface area contributed by atoms with Crippen molar-refractivity contribution in [2.75, 3.05) is 0 Å². The van der Waals surface area contributed by atoms with Crippen LogP contribution in [0.4, 0.5) is 0 Å². The van der Waals surface area contributed by atoms with Crippen LogP contribution < -0.4 is 0 Å². The van der Waals surface area contributed by atoms with Gasteiger partial charge in [-0.25, -0.2) is 0 Å². The molecule has 0 amide bonds. The van der Waals surface area contributed by atoms with Crippen LogP contribution in [-0.2, 0) is 10.8 Å². The van der Waals surface area contributed by atoms with Crippen LogP contribution >= 0.6 is 11.3 Å². The minimum atomic E-state index is -0.522. The van der Waals surface area contributed by atoms with Crippen molar-refractivity contribution in [3.8, 4) is 33.4 Å². The molecule has 1 aromatic heterocycles. The van der Waals surface area contributed by atoms with E-state index in [1.807, 2.05) is 11.3 Å². The Morgan fingerprint density at radius 3 is 1.27 bits per heavy atom. The highest BCUT2D eigenvalue weighted by atomic mass is 32.1. The maximum Gasteiger partial charge on any atom is 0.0726 e. The van der Waals surface area contributed by atoms with Gasteiger partial charge in [0.2, 0.25) is 0 Å². The summed E-state index contributed by atoms with van der Waals surface area (Å²) in [5, 5.41) is 2.66. The van der Waals surface area contributed by atoms with Crippen molar-refractivity contribution in [3.63, 3.8) is 0 Å². The fourth-order valence-corrected chi connectivity index (χ4v) is 11.7. The molecular weight excluding hydrogens is 633 g/mol. The van der Waals surface area contributed by atoms with Crippen LogP contribution in [0.25, 0.3) is 53.6 Å². The van der Waals surface area contributed by atoms with Crippen LogP contribution in [0.5, 0.6) is 0 Å². The molecule has 12 rings (SSSR count). The third kappa shape index (κ3) is 3.19. The first kappa shape index (κ1) is 27.8. The summed E-state index contributed by atoms with van der Waals surface area (Å²) < 4.78 is 2.68. The first-order valence-corrected chi connectivity index (χ1v) is 18.7. The van der Waals surface area contributed by atoms with Crippen LogP contribution in [0.15, 0.2) is 182 Å². The molecule has 0 N–H and O–H groups in total. The minimum Gasteiger partial charge on any atom is -0.135 e. The van der Waals surface area contributed by atoms with Crippen LogP contribution in [0.2, 0.25) is 0 Å². The lowest BCUT2D eigenvalue weighted by molar-refractivity contribution is 0.634. The van der Waals surface area contributed by atoms with E-state index in [0.717, 1.165) is 0 Å². The molecule has 3 aliphatic rings. The Morgan fingerprint density at radius 2 is 0.667 bits per heavy atom. The number of hydrogen-bond acceptors (Lipinski definition) is 1. The molecule has 0 atom stereocenters. The predicted octanol–water partition coefficient (Wildman–Crippen LogP) is 12.8. The second kappa shape index (κ2) is 9.82. The Morgan fingerprint density at radius 1 is 0.275 bits per heavy atom. The highest BCUT2D eigenvalue weighted by molar-refractivity contribution is 7.26. The van der Waals surface area contributed by atoms with Gasteiger partial charge in [0.1, 0.15) is 0 Å². The predicted molar refractivity (Wildman–Crippen MR) is 213 cm³/mol. The molecule has 0 unspecified atom stereocenters. The second-order valence-corrected chi connectivity index (χ2v) is 15.3. The Bertz CT molecular complexity index is 2850. The van der Waals surface area contributed by atoms with E-state index in [-0.39, 0.29) is 0 Å². The molecule has 8 aromatic carbocycles. The average molecular weight is 663 g/mol. The lowest BCUT2D eigenvalue weighted by Crippen LogP contribution is -2.44. The summed E-state index contributed by atoms with van der Waals surface area (Å²) in [7, 11) is 0. The van der Waals surface area contributed by atoms with E-state index in [4.69, 9.17) is 0 Å². The Kier molecular flexibility index (Phi) is 5.34. The van der Waals surface area contributed by atoms with Gasteiger partial charge in [0.25, 0.3) is 0 Å². The number of hydrogen-bond donors (Lipinski definition) is 0. The van der Waals surface area contributed by atoms with Gasteiger partial charge in [-0.15, -0.1) is 11.3 Å². The molecule has 1 heterocycles. The van der Waals surface area contributed by atoms with Crippen molar-refractivity contribution in [2.24, 2.45) is 0 Å². The molecule has 0 bridgehead atoms. The third-order valence-electron chi connectivity index (χ3n) is 12.2. The summed E-state index contributed by atoms with van der Waals surface area (Å²) in [5.74, 6) is 0. The molecule has 1 heteroatoms. The number of rotatable bonds is 1. The Hall–Kier alpha value is -6.02. The maximum atomic E-state index is 2.46. The summed E-state index contributed by atoms with van der Waals surface area (Å²) in [6.45, 7) is 0. The molecule has 236 valence electrons. The molecule has 9 aromatic rings. The van der Waals surface area contributed by atoms with Gasteiger partial charge in [0.15, 0.2) is 0 Å². The summed E-state index contributed by atoms with van der Waals surface area (Å²) >= 11 is 1.92. The number of benzene rings is 8. The van der Waals surface area contributed by atoms with Crippen molar-refractivity contribution in [3.05, 3.63) is 226 Å². The van der Waals surface area contributed by atoms with Gasteiger partial charge >= 0.3 is 0 Å². The van der Waals surface area contributed by atoms with E-state index in [2.05, 4.69) is 182 Å². The normalized spacial score (nSPS) is 15.0. The van der Waals surface area contributed by atoms with Crippen molar-refractivity contribution < 1.29 is 0 Å². The van der Waals surface area contributed by atoms with Crippen LogP contribution in [0, 0.1) is 0 Å². The fraction of sp³-hybridized carbons (Fsp3) is 0.0400. The standard InChI is InChI=1S/C50H30S/c1-6-23-39-31(15-1)32-16-2-7-24-40(32)49(39)43-27-10-11-28-44(43)50(41-25-8-3-17-33(41)34-18-4-9-26-42(34)50)47-36(20-14-29-45(47)49)38-22-13-21-37-35-19-5-12-30-46(35)51-48(37)38/h1-30H. The molecule has 0 nitrogen and oxygen atoms in total. The SMILES string of the molecule is c1ccc2c(c1)-c1ccccc1C21c2ccccc2C2(c3ccccc3-c3ccccc32)c2c(-c3cccc4c3sc3ccccc34)cccc21. The van der Waals surface area contributed by atoms with Crippen LogP contribution in [-0.4, -0.2) is 0 Å². The molecule has 51 heavy (non-hydrogen) atoms. The van der Waals surface area contributed by atoms with Gasteiger partial charge in [-0.05, 0) is 84.0 Å². The molecule has 0 radical (unpaired) electrons. The molecule has 0 saturated carbocycles. The third-order valence-corrected chi connectivity index (χ3v) is 13.4. The van der Waals surface area contributed by atoms with Crippen molar-refractivity contribution in [1.29, 1.82) is 0 Å². The lowest BCUT2D eigenvalue weighted by atomic mass is 9.51. The zero-order valence-electron chi connectivity index (χ0n) is 27.7. The van der Waals surface area contributed by atoms with Crippen molar-refractivity contribution >= 4 is 31.5 Å². The quantitative estimate of drug-likeness (QED) is 0.164. The monoisotopic (exact) mass is 662 g/mol. The first-order chi connectivity index (χ1) is 25.3. The highest BCUT2D eigenvalue weighted by Crippen LogP contribution is 2.68. The number of fused-ring (bicyclic) bond motifs is 19. The maximum absolute atomic E-state index is 2.46. The molecule has 2 spiro atoms. The number of thiophene rings is 1. The summed E-state index contributed by atoms with van der Waals surface area (Å²) in [6.07, 6.45) is 0. The van der Waals surface area contributed by atoms with E-state index < -0.39 is 10.8 Å². The van der Waals surface area contributed by atoms with E-state index >= 15 is 0 Å². The highest BCUT2D eigenvalue weighted by Gasteiger charge is 2.59. The molecule has 0 saturated heterocycles. The van der Waals surface area contributed by atoms with Crippen molar-refractivity contribution in [1.82, 2.24) is 0 Å². The smallest absolute Gasteiger partial charge is 0.0726 e. The minimum absolute atomic E-state index is 0.485. The Balaban J connectivity index is 1.34. The van der Waals surface area contributed by atoms with E-state index in [0.29, 0.717) is 0 Å². The first-order valence-electron chi connectivity index (χ1n) is 17.9. The summed E-state index contributed by atoms with van der Waals surface area (Å²) in [4.78, 5) is 0. The second-order valence-electron chi connectivity index (χ2n) is 14.2.